The van der Waals surface area contributed by atoms with E-state index in [0.717, 1.165) is 16.5 Å². The zero-order valence-corrected chi connectivity index (χ0v) is 18.0. The van der Waals surface area contributed by atoms with Crippen molar-refractivity contribution in [3.05, 3.63) is 62.3 Å². The average Bonchev–Trinajstić information content (AvgIpc) is 3.04. The Hall–Kier alpha value is -2.22. The molecule has 9 heteroatoms. The molecule has 4 aromatic rings. The summed E-state index contributed by atoms with van der Waals surface area (Å²) in [4.78, 5) is 13.5. The highest BCUT2D eigenvalue weighted by molar-refractivity contribution is 9.10. The van der Waals surface area contributed by atoms with Crippen molar-refractivity contribution in [3.8, 4) is 17.4 Å². The molecule has 0 aliphatic carbocycles. The van der Waals surface area contributed by atoms with Crippen LogP contribution in [0.25, 0.3) is 28.3 Å². The van der Waals surface area contributed by atoms with E-state index in [9.17, 15) is 0 Å². The molecule has 0 fully saturated rings. The third kappa shape index (κ3) is 3.45. The maximum atomic E-state index is 6.32. The van der Waals surface area contributed by atoms with Gasteiger partial charge in [0.1, 0.15) is 10.3 Å². The number of hydrogen-bond acceptors (Lipinski definition) is 5. The summed E-state index contributed by atoms with van der Waals surface area (Å²) in [7, 11) is 0. The molecule has 0 spiro atoms. The molecular weight excluding hydrogens is 465 g/mol. The maximum Gasteiger partial charge on any atom is 0.248 e. The third-order valence-corrected chi connectivity index (χ3v) is 4.94. The molecule has 0 amide bonds. The Bertz CT molecular complexity index is 1270. The molecule has 6 nitrogen and oxygen atoms in total. The highest BCUT2D eigenvalue weighted by atomic mass is 79.9. The Morgan fingerprint density at radius 2 is 2.07 bits per heavy atom. The molecule has 0 bridgehead atoms. The van der Waals surface area contributed by atoms with Crippen LogP contribution in [0.5, 0.6) is 0 Å². The fourth-order valence-corrected chi connectivity index (χ4v) is 3.74. The standard InChI is InChI=1S/C19H14BrCl2N5O/c1-3-23-18-12-8-11(21)7-10(2)16(12)25-19(28-18)14-9-15(20)26-27(14)17-13(22)5-4-6-24-17/h4-9H,3H2,1-2H3/b23-18-. The summed E-state index contributed by atoms with van der Waals surface area (Å²) >= 11 is 16.0. The monoisotopic (exact) mass is 477 g/mol. The number of halogens is 3. The van der Waals surface area contributed by atoms with Crippen LogP contribution in [0.2, 0.25) is 10.0 Å². The number of hydrogen-bond donors (Lipinski definition) is 0. The van der Waals surface area contributed by atoms with E-state index in [4.69, 9.17) is 32.6 Å². The number of aromatic nitrogens is 4. The first-order chi connectivity index (χ1) is 13.5. The summed E-state index contributed by atoms with van der Waals surface area (Å²) in [5.41, 5.74) is 2.74. The van der Waals surface area contributed by atoms with Crippen molar-refractivity contribution < 1.29 is 4.42 Å². The third-order valence-electron chi connectivity index (χ3n) is 4.04. The number of benzene rings is 1. The van der Waals surface area contributed by atoms with Crippen LogP contribution in [-0.2, 0) is 0 Å². The van der Waals surface area contributed by atoms with Gasteiger partial charge in [0.15, 0.2) is 5.82 Å². The van der Waals surface area contributed by atoms with Crippen molar-refractivity contribution in [2.45, 2.75) is 13.8 Å². The molecule has 0 aliphatic rings. The normalized spacial score (nSPS) is 12.1. The lowest BCUT2D eigenvalue weighted by atomic mass is 10.1. The molecular formula is C19H14BrCl2N5O. The van der Waals surface area contributed by atoms with Gasteiger partial charge in [-0.15, -0.1) is 0 Å². The van der Waals surface area contributed by atoms with Crippen molar-refractivity contribution in [1.82, 2.24) is 19.7 Å². The number of fused-ring (bicyclic) bond motifs is 1. The predicted octanol–water partition coefficient (Wildman–Crippen LogP) is 5.37. The zero-order chi connectivity index (χ0) is 19.8. The lowest BCUT2D eigenvalue weighted by Gasteiger charge is -2.09. The van der Waals surface area contributed by atoms with Crippen LogP contribution in [0.4, 0.5) is 0 Å². The van der Waals surface area contributed by atoms with Gasteiger partial charge in [0.05, 0.1) is 15.9 Å². The van der Waals surface area contributed by atoms with Gasteiger partial charge in [0.2, 0.25) is 11.4 Å². The van der Waals surface area contributed by atoms with E-state index in [-0.39, 0.29) is 0 Å². The lowest BCUT2D eigenvalue weighted by molar-refractivity contribution is 0.494. The van der Waals surface area contributed by atoms with E-state index >= 15 is 0 Å². The number of rotatable bonds is 3. The molecule has 0 radical (unpaired) electrons. The molecule has 1 aromatic carbocycles. The van der Waals surface area contributed by atoms with Gasteiger partial charge in [-0.25, -0.2) is 14.6 Å². The summed E-state index contributed by atoms with van der Waals surface area (Å²) in [5.74, 6) is 0.828. The van der Waals surface area contributed by atoms with E-state index < -0.39 is 0 Å². The summed E-state index contributed by atoms with van der Waals surface area (Å²) in [6.07, 6.45) is 1.65. The second kappa shape index (κ2) is 7.66. The Morgan fingerprint density at radius 1 is 1.25 bits per heavy atom. The Morgan fingerprint density at radius 3 is 2.82 bits per heavy atom. The van der Waals surface area contributed by atoms with Crippen molar-refractivity contribution in [1.29, 1.82) is 0 Å². The van der Waals surface area contributed by atoms with Gasteiger partial charge >= 0.3 is 0 Å². The minimum atomic E-state index is 0.352. The quantitative estimate of drug-likeness (QED) is 0.396. The Kier molecular flexibility index (Phi) is 5.23. The summed E-state index contributed by atoms with van der Waals surface area (Å²) in [5, 5.41) is 6.27. The van der Waals surface area contributed by atoms with Crippen molar-refractivity contribution in [2.75, 3.05) is 6.54 Å². The van der Waals surface area contributed by atoms with Gasteiger partial charge in [-0.05, 0) is 59.6 Å². The summed E-state index contributed by atoms with van der Waals surface area (Å²) in [6.45, 7) is 4.44. The number of aryl methyl sites for hydroxylation is 1. The minimum absolute atomic E-state index is 0.352. The molecule has 0 aliphatic heterocycles. The maximum absolute atomic E-state index is 6.32. The molecule has 0 atom stereocenters. The summed E-state index contributed by atoms with van der Waals surface area (Å²) in [6, 6.07) is 8.97. The van der Waals surface area contributed by atoms with Crippen LogP contribution in [0, 0.1) is 6.92 Å². The van der Waals surface area contributed by atoms with Crippen LogP contribution in [-0.4, -0.2) is 26.3 Å². The van der Waals surface area contributed by atoms with Crippen LogP contribution >= 0.6 is 39.1 Å². The minimum Gasteiger partial charge on any atom is -0.418 e. The fraction of sp³-hybridized carbons (Fsp3) is 0.158. The van der Waals surface area contributed by atoms with Crippen LogP contribution in [0.1, 0.15) is 12.5 Å². The first kappa shape index (κ1) is 19.1. The molecule has 0 saturated carbocycles. The SMILES string of the molecule is CC/N=c1\oc(-c2cc(Br)nn2-c2ncccc2Cl)nc2c(C)cc(Cl)cc12. The number of pyridine rings is 1. The van der Waals surface area contributed by atoms with Crippen molar-refractivity contribution >= 4 is 50.0 Å². The van der Waals surface area contributed by atoms with E-state index in [1.807, 2.05) is 26.0 Å². The van der Waals surface area contributed by atoms with Gasteiger partial charge in [0, 0.05) is 23.8 Å². The second-order valence-corrected chi connectivity index (χ2v) is 7.65. The molecule has 3 aromatic heterocycles. The van der Waals surface area contributed by atoms with Gasteiger partial charge < -0.3 is 4.42 Å². The van der Waals surface area contributed by atoms with Crippen LogP contribution in [0.3, 0.4) is 0 Å². The lowest BCUT2D eigenvalue weighted by Crippen LogP contribution is -2.10. The first-order valence-electron chi connectivity index (χ1n) is 8.46. The van der Waals surface area contributed by atoms with E-state index in [2.05, 4.69) is 31.0 Å². The van der Waals surface area contributed by atoms with Gasteiger partial charge in [-0.3, -0.25) is 4.99 Å². The topological polar surface area (TPSA) is 69.1 Å². The van der Waals surface area contributed by atoms with E-state index in [1.165, 1.54) is 0 Å². The fourth-order valence-electron chi connectivity index (χ4n) is 2.89. The highest BCUT2D eigenvalue weighted by Crippen LogP contribution is 2.28. The Balaban J connectivity index is 2.04. The molecule has 142 valence electrons. The molecule has 0 saturated heterocycles. The zero-order valence-electron chi connectivity index (χ0n) is 14.9. The largest absolute Gasteiger partial charge is 0.418 e. The van der Waals surface area contributed by atoms with Gasteiger partial charge in [-0.1, -0.05) is 23.2 Å². The predicted molar refractivity (Wildman–Crippen MR) is 113 cm³/mol. The van der Waals surface area contributed by atoms with E-state index in [0.29, 0.717) is 44.1 Å². The molecule has 4 rings (SSSR count). The van der Waals surface area contributed by atoms with Gasteiger partial charge in [-0.2, -0.15) is 5.10 Å². The average molecular weight is 479 g/mol. The summed E-state index contributed by atoms with van der Waals surface area (Å²) < 4.78 is 8.24. The highest BCUT2D eigenvalue weighted by Gasteiger charge is 2.19. The van der Waals surface area contributed by atoms with Crippen LogP contribution in [0.15, 0.2) is 50.5 Å². The molecule has 28 heavy (non-hydrogen) atoms. The van der Waals surface area contributed by atoms with Gasteiger partial charge in [0.25, 0.3) is 0 Å². The number of nitrogens with zero attached hydrogens (tertiary/aromatic N) is 5. The first-order valence-corrected chi connectivity index (χ1v) is 10.0. The van der Waals surface area contributed by atoms with E-state index in [1.54, 1.807) is 29.1 Å². The molecule has 0 unspecified atom stereocenters. The molecule has 3 heterocycles. The molecule has 0 N–H and O–H groups in total. The van der Waals surface area contributed by atoms with Crippen LogP contribution < -0.4 is 5.55 Å². The smallest absolute Gasteiger partial charge is 0.248 e. The Labute approximate surface area is 179 Å². The van der Waals surface area contributed by atoms with Crippen molar-refractivity contribution in [3.63, 3.8) is 0 Å². The van der Waals surface area contributed by atoms with Crippen molar-refractivity contribution in [2.24, 2.45) is 4.99 Å². The second-order valence-electron chi connectivity index (χ2n) is 5.99.